The molecule has 0 aliphatic carbocycles. The van der Waals surface area contributed by atoms with Crippen LogP contribution in [0.3, 0.4) is 0 Å². The third-order valence-electron chi connectivity index (χ3n) is 4.05. The first-order chi connectivity index (χ1) is 12.0. The smallest absolute Gasteiger partial charge is 0.338 e. The SMILES string of the molecule is Cc1ccc2cccc(CCOC(=O)c3ccc([N+](=O)[O-])cc3)c2c1. The summed E-state index contributed by atoms with van der Waals surface area (Å²) in [5.74, 6) is -0.480. The van der Waals surface area contributed by atoms with Crippen molar-refractivity contribution in [1.29, 1.82) is 0 Å². The molecule has 0 unspecified atom stereocenters. The number of carbonyl (C=O) groups is 1. The fraction of sp³-hybridized carbons (Fsp3) is 0.150. The first-order valence-electron chi connectivity index (χ1n) is 7.94. The lowest BCUT2D eigenvalue weighted by molar-refractivity contribution is -0.384. The van der Waals surface area contributed by atoms with Gasteiger partial charge >= 0.3 is 5.97 Å². The van der Waals surface area contributed by atoms with Crippen molar-refractivity contribution in [1.82, 2.24) is 0 Å². The van der Waals surface area contributed by atoms with Gasteiger partial charge in [0.1, 0.15) is 0 Å². The number of benzene rings is 3. The monoisotopic (exact) mass is 335 g/mol. The summed E-state index contributed by atoms with van der Waals surface area (Å²) in [5.41, 5.74) is 2.56. The maximum atomic E-state index is 12.0. The minimum absolute atomic E-state index is 0.0531. The highest BCUT2D eigenvalue weighted by Crippen LogP contribution is 2.21. The molecular formula is C20H17NO4. The minimum atomic E-state index is -0.502. The van der Waals surface area contributed by atoms with Gasteiger partial charge in [0.05, 0.1) is 17.1 Å². The Morgan fingerprint density at radius 1 is 1.08 bits per heavy atom. The Balaban J connectivity index is 1.65. The van der Waals surface area contributed by atoms with Gasteiger partial charge in [0.2, 0.25) is 0 Å². The Morgan fingerprint density at radius 2 is 1.84 bits per heavy atom. The zero-order valence-corrected chi connectivity index (χ0v) is 13.8. The number of nitro groups is 1. The van der Waals surface area contributed by atoms with Crippen LogP contribution in [-0.2, 0) is 11.2 Å². The molecule has 0 amide bonds. The Hall–Kier alpha value is -3.21. The summed E-state index contributed by atoms with van der Waals surface area (Å²) in [5, 5.41) is 12.9. The summed E-state index contributed by atoms with van der Waals surface area (Å²) in [6, 6.07) is 17.8. The molecule has 126 valence electrons. The molecule has 0 aliphatic heterocycles. The molecule has 25 heavy (non-hydrogen) atoms. The molecule has 0 saturated carbocycles. The lowest BCUT2D eigenvalue weighted by atomic mass is 10.0. The van der Waals surface area contributed by atoms with Crippen molar-refractivity contribution >= 4 is 22.4 Å². The molecule has 5 heteroatoms. The molecule has 0 spiro atoms. The van der Waals surface area contributed by atoms with Crippen LogP contribution in [-0.4, -0.2) is 17.5 Å². The van der Waals surface area contributed by atoms with Gasteiger partial charge in [-0.3, -0.25) is 10.1 Å². The zero-order valence-electron chi connectivity index (χ0n) is 13.8. The molecule has 3 rings (SSSR count). The summed E-state index contributed by atoms with van der Waals surface area (Å²) in [7, 11) is 0. The predicted octanol–water partition coefficient (Wildman–Crippen LogP) is 4.46. The normalized spacial score (nSPS) is 10.6. The maximum Gasteiger partial charge on any atom is 0.338 e. The number of rotatable bonds is 5. The van der Waals surface area contributed by atoms with E-state index in [1.165, 1.54) is 29.8 Å². The van der Waals surface area contributed by atoms with E-state index in [0.717, 1.165) is 16.3 Å². The lowest BCUT2D eigenvalue weighted by Gasteiger charge is -2.08. The quantitative estimate of drug-likeness (QED) is 0.392. The highest BCUT2D eigenvalue weighted by atomic mass is 16.6. The van der Waals surface area contributed by atoms with Crippen molar-refractivity contribution in [3.05, 3.63) is 87.5 Å². The lowest BCUT2D eigenvalue weighted by Crippen LogP contribution is -2.08. The second kappa shape index (κ2) is 7.13. The number of non-ortho nitro benzene ring substituents is 1. The van der Waals surface area contributed by atoms with Gasteiger partial charge in [0, 0.05) is 18.6 Å². The van der Waals surface area contributed by atoms with E-state index in [-0.39, 0.29) is 12.3 Å². The predicted molar refractivity (Wildman–Crippen MR) is 95.8 cm³/mol. The Bertz CT molecular complexity index is 932. The van der Waals surface area contributed by atoms with Crippen molar-refractivity contribution < 1.29 is 14.5 Å². The van der Waals surface area contributed by atoms with Crippen LogP contribution in [0.25, 0.3) is 10.8 Å². The van der Waals surface area contributed by atoms with Crippen molar-refractivity contribution in [3.63, 3.8) is 0 Å². The fourth-order valence-corrected chi connectivity index (χ4v) is 2.73. The molecular weight excluding hydrogens is 318 g/mol. The fourth-order valence-electron chi connectivity index (χ4n) is 2.73. The van der Waals surface area contributed by atoms with Crippen LogP contribution < -0.4 is 0 Å². The number of esters is 1. The maximum absolute atomic E-state index is 12.0. The molecule has 0 saturated heterocycles. The van der Waals surface area contributed by atoms with E-state index in [4.69, 9.17) is 4.74 Å². The van der Waals surface area contributed by atoms with Gasteiger partial charge < -0.3 is 4.74 Å². The Morgan fingerprint density at radius 3 is 2.56 bits per heavy atom. The second-order valence-corrected chi connectivity index (χ2v) is 5.83. The standard InChI is InChI=1S/C20H17NO4/c1-14-5-6-15-3-2-4-16(19(15)13-14)11-12-25-20(22)17-7-9-18(10-8-17)21(23)24/h2-10,13H,11-12H2,1H3. The van der Waals surface area contributed by atoms with E-state index in [9.17, 15) is 14.9 Å². The number of ether oxygens (including phenoxy) is 1. The van der Waals surface area contributed by atoms with Crippen LogP contribution >= 0.6 is 0 Å². The molecule has 0 N–H and O–H groups in total. The summed E-state index contributed by atoms with van der Waals surface area (Å²) >= 11 is 0. The van der Waals surface area contributed by atoms with Gasteiger partial charge in [-0.15, -0.1) is 0 Å². The van der Waals surface area contributed by atoms with Gasteiger partial charge in [-0.05, 0) is 35.4 Å². The first kappa shape index (κ1) is 16.6. The summed E-state index contributed by atoms with van der Waals surface area (Å²) in [4.78, 5) is 22.2. The number of nitro benzene ring substituents is 1. The summed E-state index contributed by atoms with van der Waals surface area (Å²) in [6.45, 7) is 2.30. The van der Waals surface area contributed by atoms with Gasteiger partial charge in [0.15, 0.2) is 0 Å². The highest BCUT2D eigenvalue weighted by Gasteiger charge is 2.11. The number of hydrogen-bond acceptors (Lipinski definition) is 4. The van der Waals surface area contributed by atoms with E-state index in [1.54, 1.807) is 0 Å². The average Bonchev–Trinajstić information content (AvgIpc) is 2.62. The van der Waals surface area contributed by atoms with Gasteiger partial charge in [-0.2, -0.15) is 0 Å². The number of hydrogen-bond donors (Lipinski definition) is 0. The summed E-state index contributed by atoms with van der Waals surface area (Å²) in [6.07, 6.45) is 0.611. The zero-order chi connectivity index (χ0) is 17.8. The van der Waals surface area contributed by atoms with Crippen LogP contribution in [0.2, 0.25) is 0 Å². The molecule has 0 aromatic heterocycles. The first-order valence-corrected chi connectivity index (χ1v) is 7.94. The molecule has 0 aliphatic rings. The molecule has 3 aromatic carbocycles. The van der Waals surface area contributed by atoms with Crippen molar-refractivity contribution in [2.45, 2.75) is 13.3 Å². The second-order valence-electron chi connectivity index (χ2n) is 5.83. The molecule has 0 heterocycles. The van der Waals surface area contributed by atoms with E-state index in [2.05, 4.69) is 24.3 Å². The van der Waals surface area contributed by atoms with Crippen molar-refractivity contribution in [3.8, 4) is 0 Å². The molecule has 0 bridgehead atoms. The van der Waals surface area contributed by atoms with Crippen LogP contribution in [0.1, 0.15) is 21.5 Å². The van der Waals surface area contributed by atoms with Crippen LogP contribution in [0, 0.1) is 17.0 Å². The van der Waals surface area contributed by atoms with Gasteiger partial charge in [-0.25, -0.2) is 4.79 Å². The minimum Gasteiger partial charge on any atom is -0.462 e. The molecule has 0 fully saturated rings. The molecule has 5 nitrogen and oxygen atoms in total. The molecule has 3 aromatic rings. The Kier molecular flexibility index (Phi) is 4.75. The van der Waals surface area contributed by atoms with Crippen LogP contribution in [0.4, 0.5) is 5.69 Å². The van der Waals surface area contributed by atoms with Crippen LogP contribution in [0.15, 0.2) is 60.7 Å². The number of nitrogens with zero attached hydrogens (tertiary/aromatic N) is 1. The van der Waals surface area contributed by atoms with Gasteiger partial charge in [-0.1, -0.05) is 42.0 Å². The number of aryl methyl sites for hydroxylation is 1. The van der Waals surface area contributed by atoms with Crippen molar-refractivity contribution in [2.75, 3.05) is 6.61 Å². The highest BCUT2D eigenvalue weighted by molar-refractivity contribution is 5.90. The Labute approximate surface area is 145 Å². The average molecular weight is 335 g/mol. The number of carbonyl (C=O) groups excluding carboxylic acids is 1. The molecule has 0 radical (unpaired) electrons. The van der Waals surface area contributed by atoms with E-state index >= 15 is 0 Å². The largest absolute Gasteiger partial charge is 0.462 e. The van der Waals surface area contributed by atoms with E-state index < -0.39 is 10.9 Å². The third kappa shape index (κ3) is 3.83. The third-order valence-corrected chi connectivity index (χ3v) is 4.05. The van der Waals surface area contributed by atoms with Gasteiger partial charge in [0.25, 0.3) is 5.69 Å². The number of fused-ring (bicyclic) bond motifs is 1. The topological polar surface area (TPSA) is 69.4 Å². The van der Waals surface area contributed by atoms with Crippen LogP contribution in [0.5, 0.6) is 0 Å². The molecule has 0 atom stereocenters. The summed E-state index contributed by atoms with van der Waals surface area (Å²) < 4.78 is 5.30. The van der Waals surface area contributed by atoms with E-state index in [1.807, 2.05) is 19.1 Å². The van der Waals surface area contributed by atoms with E-state index in [0.29, 0.717) is 12.0 Å². The van der Waals surface area contributed by atoms with Crippen molar-refractivity contribution in [2.24, 2.45) is 0 Å².